The van der Waals surface area contributed by atoms with Crippen LogP contribution in [0.4, 0.5) is 0 Å². The molecule has 0 bridgehead atoms. The van der Waals surface area contributed by atoms with Crippen molar-refractivity contribution in [1.82, 2.24) is 0 Å². The van der Waals surface area contributed by atoms with Gasteiger partial charge in [0.2, 0.25) is 0 Å². The Morgan fingerprint density at radius 3 is 2.62 bits per heavy atom. The van der Waals surface area contributed by atoms with Gasteiger partial charge in [-0.3, -0.25) is 0 Å². The third-order valence-electron chi connectivity index (χ3n) is 2.66. The van der Waals surface area contributed by atoms with Gasteiger partial charge in [0.15, 0.2) is 11.5 Å². The van der Waals surface area contributed by atoms with Crippen molar-refractivity contribution in [2.75, 3.05) is 27.4 Å². The van der Waals surface area contributed by atoms with Gasteiger partial charge in [0, 0.05) is 36.4 Å². The lowest BCUT2D eigenvalue weighted by molar-refractivity contribution is -0.131. The maximum absolute atomic E-state index is 10.6. The summed E-state index contributed by atoms with van der Waals surface area (Å²) in [5, 5.41) is 9.18. The van der Waals surface area contributed by atoms with E-state index >= 15 is 0 Å². The zero-order valence-electron chi connectivity index (χ0n) is 12.1. The van der Waals surface area contributed by atoms with E-state index in [1.165, 1.54) is 13.2 Å². The van der Waals surface area contributed by atoms with Gasteiger partial charge in [-0.25, -0.2) is 4.79 Å². The Labute approximate surface area is 129 Å². The predicted molar refractivity (Wildman–Crippen MR) is 81.3 cm³/mol. The van der Waals surface area contributed by atoms with Crippen LogP contribution >= 0.6 is 11.6 Å². The number of hydrogen-bond donors (Lipinski definition) is 1. The van der Waals surface area contributed by atoms with Gasteiger partial charge in [0.05, 0.1) is 13.7 Å². The normalized spacial score (nSPS) is 10.8. The summed E-state index contributed by atoms with van der Waals surface area (Å²) in [6.07, 6.45) is 4.17. The quantitative estimate of drug-likeness (QED) is 0.560. The highest BCUT2D eigenvalue weighted by Crippen LogP contribution is 2.35. The zero-order valence-corrected chi connectivity index (χ0v) is 12.9. The van der Waals surface area contributed by atoms with Crippen molar-refractivity contribution >= 4 is 23.6 Å². The number of aliphatic carboxylic acids is 1. The molecule has 0 fully saturated rings. The second-order valence-corrected chi connectivity index (χ2v) is 4.68. The second-order valence-electron chi connectivity index (χ2n) is 4.25. The molecule has 1 aromatic rings. The Morgan fingerprint density at radius 1 is 1.29 bits per heavy atom. The van der Waals surface area contributed by atoms with Crippen LogP contribution in [0.2, 0.25) is 5.02 Å². The monoisotopic (exact) mass is 314 g/mol. The molecular weight excluding hydrogens is 296 g/mol. The van der Waals surface area contributed by atoms with Crippen LogP contribution in [0.25, 0.3) is 6.08 Å². The molecule has 0 atom stereocenters. The molecule has 0 aliphatic rings. The summed E-state index contributed by atoms with van der Waals surface area (Å²) in [7, 11) is 3.16. The Bertz CT molecular complexity index is 499. The summed E-state index contributed by atoms with van der Waals surface area (Å²) >= 11 is 5.99. The average Bonchev–Trinajstić information content (AvgIpc) is 2.45. The number of carboxylic acid groups (broad SMARTS) is 1. The van der Waals surface area contributed by atoms with E-state index in [0.717, 1.165) is 18.9 Å². The van der Waals surface area contributed by atoms with Crippen molar-refractivity contribution in [3.05, 3.63) is 28.8 Å². The van der Waals surface area contributed by atoms with Gasteiger partial charge in [-0.2, -0.15) is 0 Å². The summed E-state index contributed by atoms with van der Waals surface area (Å²) in [6, 6.07) is 3.26. The van der Waals surface area contributed by atoms with Crippen molar-refractivity contribution in [2.45, 2.75) is 12.8 Å². The molecule has 0 aromatic heterocycles. The van der Waals surface area contributed by atoms with E-state index in [0.29, 0.717) is 35.3 Å². The number of halogens is 1. The molecule has 1 N–H and O–H groups in total. The van der Waals surface area contributed by atoms with Crippen LogP contribution in [-0.2, 0) is 9.53 Å². The number of unbranched alkanes of at least 4 members (excludes halogenated alkanes) is 1. The van der Waals surface area contributed by atoms with E-state index in [4.69, 9.17) is 30.9 Å². The zero-order chi connectivity index (χ0) is 15.7. The van der Waals surface area contributed by atoms with Crippen molar-refractivity contribution < 1.29 is 24.1 Å². The van der Waals surface area contributed by atoms with Crippen LogP contribution in [0.1, 0.15) is 18.4 Å². The predicted octanol–water partition coefficient (Wildman–Crippen LogP) is 3.25. The number of rotatable bonds is 9. The van der Waals surface area contributed by atoms with Crippen molar-refractivity contribution in [1.29, 1.82) is 0 Å². The highest BCUT2D eigenvalue weighted by atomic mass is 35.5. The van der Waals surface area contributed by atoms with Crippen LogP contribution in [-0.4, -0.2) is 38.5 Å². The molecule has 0 radical (unpaired) electrons. The third-order valence-corrected chi connectivity index (χ3v) is 2.88. The molecule has 0 aliphatic carbocycles. The fourth-order valence-electron chi connectivity index (χ4n) is 1.70. The Hall–Kier alpha value is -1.72. The van der Waals surface area contributed by atoms with E-state index in [-0.39, 0.29) is 0 Å². The SMILES string of the molecule is COCCCCOc1c(/C=C/C(=O)O)cc(Cl)cc1OC. The highest BCUT2D eigenvalue weighted by molar-refractivity contribution is 6.31. The first kappa shape index (κ1) is 17.3. The molecule has 0 saturated heterocycles. The Kier molecular flexibility index (Phi) is 7.64. The number of ether oxygens (including phenoxy) is 3. The summed E-state index contributed by atoms with van der Waals surface area (Å²) in [4.78, 5) is 10.6. The lowest BCUT2D eigenvalue weighted by atomic mass is 10.1. The van der Waals surface area contributed by atoms with Gasteiger partial charge < -0.3 is 19.3 Å². The summed E-state index contributed by atoms with van der Waals surface area (Å²) in [5.41, 5.74) is 0.563. The van der Waals surface area contributed by atoms with Gasteiger partial charge in [-0.15, -0.1) is 0 Å². The van der Waals surface area contributed by atoms with Crippen LogP contribution in [0.5, 0.6) is 11.5 Å². The van der Waals surface area contributed by atoms with Crippen LogP contribution < -0.4 is 9.47 Å². The van der Waals surface area contributed by atoms with Gasteiger partial charge in [-0.05, 0) is 25.0 Å². The number of methoxy groups -OCH3 is 2. The van der Waals surface area contributed by atoms with Crippen LogP contribution in [0, 0.1) is 0 Å². The number of benzene rings is 1. The van der Waals surface area contributed by atoms with E-state index < -0.39 is 5.97 Å². The molecule has 0 spiro atoms. The second kappa shape index (κ2) is 9.26. The van der Waals surface area contributed by atoms with Crippen molar-refractivity contribution in [2.24, 2.45) is 0 Å². The van der Waals surface area contributed by atoms with Crippen LogP contribution in [0.3, 0.4) is 0 Å². The maximum atomic E-state index is 10.6. The standard InChI is InChI=1S/C15H19ClO5/c1-19-7-3-4-8-21-15-11(5-6-14(17)18)9-12(16)10-13(15)20-2/h5-6,9-10H,3-4,7-8H2,1-2H3,(H,17,18)/b6-5+. The van der Waals surface area contributed by atoms with E-state index in [9.17, 15) is 4.79 Å². The summed E-state index contributed by atoms with van der Waals surface area (Å²) < 4.78 is 15.9. The fourth-order valence-corrected chi connectivity index (χ4v) is 1.92. The molecule has 0 unspecified atom stereocenters. The average molecular weight is 315 g/mol. The first-order valence-electron chi connectivity index (χ1n) is 6.48. The van der Waals surface area contributed by atoms with Gasteiger partial charge in [0.1, 0.15) is 0 Å². The summed E-state index contributed by atoms with van der Waals surface area (Å²) in [5.74, 6) is -0.0870. The summed E-state index contributed by atoms with van der Waals surface area (Å²) in [6.45, 7) is 1.15. The van der Waals surface area contributed by atoms with Crippen LogP contribution in [0.15, 0.2) is 18.2 Å². The molecule has 116 valence electrons. The Balaban J connectivity index is 2.89. The van der Waals surface area contributed by atoms with E-state index in [1.54, 1.807) is 19.2 Å². The molecule has 21 heavy (non-hydrogen) atoms. The molecule has 0 heterocycles. The first-order chi connectivity index (χ1) is 10.1. The molecule has 1 aromatic carbocycles. The van der Waals surface area contributed by atoms with Crippen molar-refractivity contribution in [3.8, 4) is 11.5 Å². The van der Waals surface area contributed by atoms with E-state index in [1.807, 2.05) is 0 Å². The fraction of sp³-hybridized carbons (Fsp3) is 0.400. The maximum Gasteiger partial charge on any atom is 0.328 e. The number of hydrogen-bond acceptors (Lipinski definition) is 4. The van der Waals surface area contributed by atoms with E-state index in [2.05, 4.69) is 0 Å². The van der Waals surface area contributed by atoms with Gasteiger partial charge in [0.25, 0.3) is 0 Å². The van der Waals surface area contributed by atoms with Gasteiger partial charge in [-0.1, -0.05) is 11.6 Å². The lowest BCUT2D eigenvalue weighted by Crippen LogP contribution is -2.03. The lowest BCUT2D eigenvalue weighted by Gasteiger charge is -2.14. The molecular formula is C15H19ClO5. The Morgan fingerprint density at radius 2 is 2.00 bits per heavy atom. The molecule has 5 nitrogen and oxygen atoms in total. The molecule has 0 saturated carbocycles. The minimum atomic E-state index is -1.04. The minimum Gasteiger partial charge on any atom is -0.493 e. The molecule has 6 heteroatoms. The molecule has 1 rings (SSSR count). The number of carbonyl (C=O) groups is 1. The molecule has 0 aliphatic heterocycles. The minimum absolute atomic E-state index is 0.448. The van der Waals surface area contributed by atoms with Gasteiger partial charge >= 0.3 is 5.97 Å². The largest absolute Gasteiger partial charge is 0.493 e. The smallest absolute Gasteiger partial charge is 0.328 e. The van der Waals surface area contributed by atoms with Crippen molar-refractivity contribution in [3.63, 3.8) is 0 Å². The first-order valence-corrected chi connectivity index (χ1v) is 6.86. The number of carboxylic acids is 1. The molecule has 0 amide bonds. The topological polar surface area (TPSA) is 65.0 Å². The highest BCUT2D eigenvalue weighted by Gasteiger charge is 2.11. The third kappa shape index (κ3) is 6.06.